The van der Waals surface area contributed by atoms with Gasteiger partial charge in [-0.1, -0.05) is 39.0 Å². The van der Waals surface area contributed by atoms with E-state index in [1.54, 1.807) is 12.1 Å². The molecule has 3 heteroatoms. The second-order valence-corrected chi connectivity index (χ2v) is 6.63. The van der Waals surface area contributed by atoms with Gasteiger partial charge in [0.05, 0.1) is 5.56 Å². The highest BCUT2D eigenvalue weighted by molar-refractivity contribution is 5.89. The van der Waals surface area contributed by atoms with Gasteiger partial charge in [0.15, 0.2) is 0 Å². The van der Waals surface area contributed by atoms with Gasteiger partial charge in [-0.05, 0) is 38.1 Å². The molecule has 1 atom stereocenters. The lowest BCUT2D eigenvalue weighted by molar-refractivity contribution is -0.0145. The van der Waals surface area contributed by atoms with Crippen LogP contribution >= 0.6 is 0 Å². The number of benzene rings is 1. The second-order valence-electron chi connectivity index (χ2n) is 6.63. The van der Waals surface area contributed by atoms with Gasteiger partial charge in [-0.2, -0.15) is 0 Å². The number of carbonyl (C=O) groups is 1. The molecule has 1 aromatic carbocycles. The topological polar surface area (TPSA) is 29.5 Å². The van der Waals surface area contributed by atoms with Crippen LogP contribution in [-0.2, 0) is 4.74 Å². The zero-order valence-electron chi connectivity index (χ0n) is 12.8. The molecule has 2 rings (SSSR count). The first kappa shape index (κ1) is 15.0. The van der Waals surface area contributed by atoms with Crippen molar-refractivity contribution in [2.75, 3.05) is 19.6 Å². The zero-order chi connectivity index (χ0) is 14.6. The summed E-state index contributed by atoms with van der Waals surface area (Å²) in [5, 5.41) is 0. The molecule has 0 aliphatic carbocycles. The SMILES string of the molecule is CC(C)(C)[C@@H](CN1CCCC1)OC(=O)c1ccccc1. The summed E-state index contributed by atoms with van der Waals surface area (Å²) in [5.41, 5.74) is 0.579. The van der Waals surface area contributed by atoms with Crippen molar-refractivity contribution in [3.63, 3.8) is 0 Å². The Hall–Kier alpha value is -1.35. The van der Waals surface area contributed by atoms with Crippen LogP contribution in [0, 0.1) is 5.41 Å². The van der Waals surface area contributed by atoms with E-state index in [9.17, 15) is 4.79 Å². The van der Waals surface area contributed by atoms with Crippen molar-refractivity contribution in [2.45, 2.75) is 39.7 Å². The molecule has 20 heavy (non-hydrogen) atoms. The predicted octanol–water partition coefficient (Wildman–Crippen LogP) is 3.35. The molecular weight excluding hydrogens is 250 g/mol. The summed E-state index contributed by atoms with van der Waals surface area (Å²) in [4.78, 5) is 14.6. The fourth-order valence-corrected chi connectivity index (χ4v) is 2.46. The van der Waals surface area contributed by atoms with E-state index in [-0.39, 0.29) is 17.5 Å². The average molecular weight is 275 g/mol. The molecule has 0 radical (unpaired) electrons. The van der Waals surface area contributed by atoms with Gasteiger partial charge >= 0.3 is 5.97 Å². The Morgan fingerprint density at radius 2 is 1.80 bits per heavy atom. The summed E-state index contributed by atoms with van der Waals surface area (Å²) in [7, 11) is 0. The summed E-state index contributed by atoms with van der Waals surface area (Å²) in [5.74, 6) is -0.218. The van der Waals surface area contributed by atoms with Crippen LogP contribution in [0.5, 0.6) is 0 Å². The molecule has 1 aliphatic heterocycles. The number of hydrogen-bond donors (Lipinski definition) is 0. The highest BCUT2D eigenvalue weighted by atomic mass is 16.5. The molecule has 0 bridgehead atoms. The third-order valence-electron chi connectivity index (χ3n) is 3.85. The lowest BCUT2D eigenvalue weighted by Gasteiger charge is -2.33. The molecule has 3 nitrogen and oxygen atoms in total. The van der Waals surface area contributed by atoms with E-state index in [1.165, 1.54) is 12.8 Å². The molecule has 1 fully saturated rings. The molecule has 0 saturated carbocycles. The van der Waals surface area contributed by atoms with E-state index < -0.39 is 0 Å². The van der Waals surface area contributed by atoms with Crippen LogP contribution in [0.4, 0.5) is 0 Å². The van der Waals surface area contributed by atoms with Gasteiger partial charge in [0.2, 0.25) is 0 Å². The number of carbonyl (C=O) groups excluding carboxylic acids is 1. The first-order valence-corrected chi connectivity index (χ1v) is 7.45. The lowest BCUT2D eigenvalue weighted by atomic mass is 9.88. The molecule has 0 amide bonds. The van der Waals surface area contributed by atoms with Crippen molar-refractivity contribution in [1.29, 1.82) is 0 Å². The Morgan fingerprint density at radius 1 is 1.20 bits per heavy atom. The zero-order valence-corrected chi connectivity index (χ0v) is 12.8. The molecule has 1 aromatic rings. The van der Waals surface area contributed by atoms with Gasteiger partial charge < -0.3 is 4.74 Å². The molecule has 0 N–H and O–H groups in total. The summed E-state index contributed by atoms with van der Waals surface area (Å²) < 4.78 is 5.78. The highest BCUT2D eigenvalue weighted by Gasteiger charge is 2.31. The van der Waals surface area contributed by atoms with Crippen LogP contribution in [0.15, 0.2) is 30.3 Å². The van der Waals surface area contributed by atoms with E-state index in [0.717, 1.165) is 19.6 Å². The van der Waals surface area contributed by atoms with Gasteiger partial charge in [0, 0.05) is 12.0 Å². The molecule has 0 spiro atoms. The minimum Gasteiger partial charge on any atom is -0.457 e. The standard InChI is InChI=1S/C17H25NO2/c1-17(2,3)15(13-18-11-7-8-12-18)20-16(19)14-9-5-4-6-10-14/h4-6,9-10,15H,7-8,11-13H2,1-3H3/t15-/m1/s1. The quantitative estimate of drug-likeness (QED) is 0.789. The van der Waals surface area contributed by atoms with Crippen molar-refractivity contribution in [1.82, 2.24) is 4.90 Å². The van der Waals surface area contributed by atoms with Gasteiger partial charge in [0.25, 0.3) is 0 Å². The number of hydrogen-bond acceptors (Lipinski definition) is 3. The van der Waals surface area contributed by atoms with E-state index in [4.69, 9.17) is 4.74 Å². The normalized spacial score (nSPS) is 17.9. The largest absolute Gasteiger partial charge is 0.457 e. The highest BCUT2D eigenvalue weighted by Crippen LogP contribution is 2.25. The number of likely N-dealkylation sites (tertiary alicyclic amines) is 1. The van der Waals surface area contributed by atoms with E-state index in [0.29, 0.717) is 5.56 Å². The Kier molecular flexibility index (Phi) is 4.81. The summed E-state index contributed by atoms with van der Waals surface area (Å²) in [6.45, 7) is 9.47. The molecule has 1 heterocycles. The van der Waals surface area contributed by atoms with Gasteiger partial charge in [-0.3, -0.25) is 4.90 Å². The Morgan fingerprint density at radius 3 is 2.35 bits per heavy atom. The molecule has 0 aromatic heterocycles. The van der Waals surface area contributed by atoms with Crippen molar-refractivity contribution in [3.05, 3.63) is 35.9 Å². The summed E-state index contributed by atoms with van der Waals surface area (Å²) in [6.07, 6.45) is 2.43. The Bertz CT molecular complexity index is 430. The number of rotatable bonds is 4. The maximum Gasteiger partial charge on any atom is 0.338 e. The van der Waals surface area contributed by atoms with Crippen molar-refractivity contribution in [2.24, 2.45) is 5.41 Å². The molecule has 1 saturated heterocycles. The fourth-order valence-electron chi connectivity index (χ4n) is 2.46. The van der Waals surface area contributed by atoms with Crippen molar-refractivity contribution < 1.29 is 9.53 Å². The summed E-state index contributed by atoms with van der Waals surface area (Å²) in [6, 6.07) is 9.24. The smallest absolute Gasteiger partial charge is 0.338 e. The maximum absolute atomic E-state index is 12.2. The lowest BCUT2D eigenvalue weighted by Crippen LogP contribution is -2.41. The number of esters is 1. The monoisotopic (exact) mass is 275 g/mol. The molecule has 1 aliphatic rings. The van der Waals surface area contributed by atoms with Crippen LogP contribution < -0.4 is 0 Å². The minimum atomic E-state index is -0.218. The molecule has 110 valence electrons. The first-order chi connectivity index (χ1) is 9.47. The van der Waals surface area contributed by atoms with Crippen LogP contribution in [-0.4, -0.2) is 36.6 Å². The van der Waals surface area contributed by atoms with Crippen molar-refractivity contribution in [3.8, 4) is 0 Å². The minimum absolute atomic E-state index is 0.0486. The van der Waals surface area contributed by atoms with E-state index >= 15 is 0 Å². The Labute approximate surface area is 121 Å². The van der Waals surface area contributed by atoms with Gasteiger partial charge in [-0.15, -0.1) is 0 Å². The van der Waals surface area contributed by atoms with Crippen LogP contribution in [0.2, 0.25) is 0 Å². The average Bonchev–Trinajstić information content (AvgIpc) is 2.91. The Balaban J connectivity index is 2.02. The summed E-state index contributed by atoms with van der Waals surface area (Å²) >= 11 is 0. The third-order valence-corrected chi connectivity index (χ3v) is 3.85. The van der Waals surface area contributed by atoms with E-state index in [2.05, 4.69) is 25.7 Å². The van der Waals surface area contributed by atoms with Gasteiger partial charge in [-0.25, -0.2) is 4.79 Å². The molecule has 0 unspecified atom stereocenters. The predicted molar refractivity (Wildman–Crippen MR) is 80.8 cm³/mol. The van der Waals surface area contributed by atoms with Crippen molar-refractivity contribution >= 4 is 5.97 Å². The van der Waals surface area contributed by atoms with Crippen LogP contribution in [0.3, 0.4) is 0 Å². The fraction of sp³-hybridized carbons (Fsp3) is 0.588. The van der Waals surface area contributed by atoms with E-state index in [1.807, 2.05) is 18.2 Å². The maximum atomic E-state index is 12.2. The third kappa shape index (κ3) is 4.07. The molecular formula is C17H25NO2. The van der Waals surface area contributed by atoms with Crippen LogP contribution in [0.1, 0.15) is 44.0 Å². The number of nitrogens with zero attached hydrogens (tertiary/aromatic N) is 1. The first-order valence-electron chi connectivity index (χ1n) is 7.45. The number of ether oxygens (including phenoxy) is 1. The van der Waals surface area contributed by atoms with Crippen LogP contribution in [0.25, 0.3) is 0 Å². The second kappa shape index (κ2) is 6.40. The van der Waals surface area contributed by atoms with Gasteiger partial charge in [0.1, 0.15) is 6.10 Å².